The van der Waals surface area contributed by atoms with Crippen LogP contribution in [0.4, 0.5) is 5.69 Å². The van der Waals surface area contributed by atoms with Crippen molar-refractivity contribution in [2.75, 3.05) is 52.0 Å². The molecule has 2 aliphatic rings. The number of nitrogen functional groups attached to an aromatic ring is 1. The van der Waals surface area contributed by atoms with Crippen LogP contribution in [-0.2, 0) is 6.42 Å². The summed E-state index contributed by atoms with van der Waals surface area (Å²) < 4.78 is 5.89. The van der Waals surface area contributed by atoms with E-state index in [1.165, 1.54) is 0 Å². The van der Waals surface area contributed by atoms with Gasteiger partial charge in [0, 0.05) is 56.8 Å². The number of benzene rings is 1. The molecule has 7 nitrogen and oxygen atoms in total. The molecule has 3 rings (SSSR count). The normalized spacial score (nSPS) is 21.1. The van der Waals surface area contributed by atoms with E-state index in [9.17, 15) is 9.90 Å². The number of rotatable bonds is 5. The second kappa shape index (κ2) is 7.42. The summed E-state index contributed by atoms with van der Waals surface area (Å²) in [5.41, 5.74) is 7.60. The molecule has 0 aliphatic carbocycles. The zero-order valence-corrected chi connectivity index (χ0v) is 15.9. The summed E-state index contributed by atoms with van der Waals surface area (Å²) in [6.07, 6.45) is 0.0526. The number of carbonyl (C=O) groups is 1. The summed E-state index contributed by atoms with van der Waals surface area (Å²) in [5.74, 6) is 0.417. The van der Waals surface area contributed by atoms with Gasteiger partial charge in [-0.1, -0.05) is 0 Å². The molecule has 0 bridgehead atoms. The van der Waals surface area contributed by atoms with Crippen LogP contribution in [0.25, 0.3) is 0 Å². The number of nitrogens with one attached hydrogen (secondary N) is 1. The Hall–Kier alpha value is -1.83. The number of piperazine rings is 1. The van der Waals surface area contributed by atoms with Crippen LogP contribution in [0.2, 0.25) is 0 Å². The molecule has 1 fully saturated rings. The molecule has 0 spiro atoms. The van der Waals surface area contributed by atoms with Gasteiger partial charge in [-0.05, 0) is 33.0 Å². The number of amides is 1. The minimum atomic E-state index is -0.586. The molecule has 1 aromatic rings. The topological polar surface area (TPSA) is 91.1 Å². The lowest BCUT2D eigenvalue weighted by molar-refractivity contribution is 0.0737. The van der Waals surface area contributed by atoms with E-state index in [4.69, 9.17) is 10.5 Å². The van der Waals surface area contributed by atoms with Gasteiger partial charge < -0.3 is 25.8 Å². The summed E-state index contributed by atoms with van der Waals surface area (Å²) in [6, 6.07) is 3.44. The zero-order valence-electron chi connectivity index (χ0n) is 15.9. The van der Waals surface area contributed by atoms with Gasteiger partial charge in [0.2, 0.25) is 0 Å². The average molecular weight is 362 g/mol. The number of nitrogens with zero attached hydrogens (tertiary/aromatic N) is 2. The standard InChI is InChI=1S/C19H30N4O3/c1-19(2)10-15-14(4-5-16(20)17(15)26-19)18(25)21-11-13(24)12-23-8-6-22(3)7-9-23/h4-5,13,24H,6-12,20H2,1-3H3,(H,21,25)/t13-/m1/s1. The van der Waals surface area contributed by atoms with Gasteiger partial charge in [0.1, 0.15) is 11.4 Å². The molecular formula is C19H30N4O3. The highest BCUT2D eigenvalue weighted by molar-refractivity contribution is 5.97. The van der Waals surface area contributed by atoms with Crippen LogP contribution in [-0.4, -0.2) is 78.8 Å². The van der Waals surface area contributed by atoms with Gasteiger partial charge in [-0.2, -0.15) is 0 Å². The Kier molecular flexibility index (Phi) is 5.41. The van der Waals surface area contributed by atoms with Crippen molar-refractivity contribution < 1.29 is 14.6 Å². The molecule has 7 heteroatoms. The summed E-state index contributed by atoms with van der Waals surface area (Å²) in [6.45, 7) is 8.66. The van der Waals surface area contributed by atoms with Crippen molar-refractivity contribution in [2.45, 2.75) is 32.0 Å². The summed E-state index contributed by atoms with van der Waals surface area (Å²) >= 11 is 0. The molecule has 1 aromatic carbocycles. The van der Waals surface area contributed by atoms with Crippen LogP contribution in [0.15, 0.2) is 12.1 Å². The van der Waals surface area contributed by atoms with Crippen molar-refractivity contribution in [3.8, 4) is 5.75 Å². The van der Waals surface area contributed by atoms with E-state index >= 15 is 0 Å². The first kappa shape index (κ1) is 18.9. The maximum Gasteiger partial charge on any atom is 0.251 e. The van der Waals surface area contributed by atoms with Crippen molar-refractivity contribution in [1.82, 2.24) is 15.1 Å². The van der Waals surface area contributed by atoms with Gasteiger partial charge in [-0.15, -0.1) is 0 Å². The number of aliphatic hydroxyl groups is 1. The Morgan fingerprint density at radius 2 is 2.04 bits per heavy atom. The van der Waals surface area contributed by atoms with E-state index in [1.54, 1.807) is 12.1 Å². The van der Waals surface area contributed by atoms with Gasteiger partial charge in [0.05, 0.1) is 11.8 Å². The summed E-state index contributed by atoms with van der Waals surface area (Å²) in [5, 5.41) is 13.1. The Morgan fingerprint density at radius 3 is 2.73 bits per heavy atom. The van der Waals surface area contributed by atoms with Crippen molar-refractivity contribution in [3.63, 3.8) is 0 Å². The number of hydrogen-bond acceptors (Lipinski definition) is 6. The monoisotopic (exact) mass is 362 g/mol. The third-order valence-electron chi connectivity index (χ3n) is 5.08. The predicted octanol–water partition coefficient (Wildman–Crippen LogP) is 0.320. The van der Waals surface area contributed by atoms with Crippen molar-refractivity contribution in [3.05, 3.63) is 23.3 Å². The molecule has 1 saturated heterocycles. The van der Waals surface area contributed by atoms with Crippen LogP contribution in [0.3, 0.4) is 0 Å². The first-order valence-corrected chi connectivity index (χ1v) is 9.23. The maximum atomic E-state index is 12.6. The Balaban J connectivity index is 1.57. The van der Waals surface area contributed by atoms with Gasteiger partial charge >= 0.3 is 0 Å². The fraction of sp³-hybridized carbons (Fsp3) is 0.632. The highest BCUT2D eigenvalue weighted by atomic mass is 16.5. The fourth-order valence-electron chi connectivity index (χ4n) is 3.59. The number of β-amino-alcohol motifs (C(OH)–C–C–N with tert-alkyl or cyclic N) is 1. The smallest absolute Gasteiger partial charge is 0.251 e. The number of likely N-dealkylation sites (N-methyl/N-ethyl adjacent to an activating group) is 1. The van der Waals surface area contributed by atoms with E-state index in [-0.39, 0.29) is 18.1 Å². The first-order valence-electron chi connectivity index (χ1n) is 9.23. The molecule has 1 atom stereocenters. The molecule has 4 N–H and O–H groups in total. The third-order valence-corrected chi connectivity index (χ3v) is 5.08. The van der Waals surface area contributed by atoms with E-state index in [0.29, 0.717) is 30.0 Å². The minimum Gasteiger partial charge on any atom is -0.485 e. The molecule has 0 aromatic heterocycles. The lowest BCUT2D eigenvalue weighted by atomic mass is 9.96. The number of aliphatic hydroxyl groups excluding tert-OH is 1. The molecule has 0 radical (unpaired) electrons. The van der Waals surface area contributed by atoms with Crippen LogP contribution in [0.5, 0.6) is 5.75 Å². The van der Waals surface area contributed by atoms with Crippen LogP contribution in [0.1, 0.15) is 29.8 Å². The Morgan fingerprint density at radius 1 is 1.35 bits per heavy atom. The van der Waals surface area contributed by atoms with E-state index in [1.807, 2.05) is 13.8 Å². The lowest BCUT2D eigenvalue weighted by Crippen LogP contribution is -2.48. The Bertz CT molecular complexity index is 669. The number of fused-ring (bicyclic) bond motifs is 1. The fourth-order valence-corrected chi connectivity index (χ4v) is 3.59. The van der Waals surface area contributed by atoms with Crippen LogP contribution < -0.4 is 15.8 Å². The Labute approximate surface area is 155 Å². The van der Waals surface area contributed by atoms with E-state index in [0.717, 1.165) is 31.7 Å². The van der Waals surface area contributed by atoms with Gasteiger partial charge in [-0.25, -0.2) is 0 Å². The molecule has 2 heterocycles. The maximum absolute atomic E-state index is 12.6. The highest BCUT2D eigenvalue weighted by Crippen LogP contribution is 2.41. The van der Waals surface area contributed by atoms with Crippen molar-refractivity contribution in [2.24, 2.45) is 0 Å². The first-order chi connectivity index (χ1) is 12.2. The predicted molar refractivity (Wildman–Crippen MR) is 102 cm³/mol. The van der Waals surface area contributed by atoms with Gasteiger partial charge in [0.15, 0.2) is 0 Å². The molecule has 2 aliphatic heterocycles. The quantitative estimate of drug-likeness (QED) is 0.654. The van der Waals surface area contributed by atoms with Crippen molar-refractivity contribution in [1.29, 1.82) is 0 Å². The molecule has 0 saturated carbocycles. The molecule has 26 heavy (non-hydrogen) atoms. The van der Waals surface area contributed by atoms with Gasteiger partial charge in [0.25, 0.3) is 5.91 Å². The number of hydrogen-bond donors (Lipinski definition) is 3. The highest BCUT2D eigenvalue weighted by Gasteiger charge is 2.34. The molecule has 144 valence electrons. The largest absolute Gasteiger partial charge is 0.485 e. The number of anilines is 1. The van der Waals surface area contributed by atoms with E-state index in [2.05, 4.69) is 22.2 Å². The molecule has 0 unspecified atom stereocenters. The zero-order chi connectivity index (χ0) is 18.9. The molecular weight excluding hydrogens is 332 g/mol. The van der Waals surface area contributed by atoms with Crippen LogP contribution in [0, 0.1) is 0 Å². The second-order valence-corrected chi connectivity index (χ2v) is 8.02. The molecule has 1 amide bonds. The van der Waals surface area contributed by atoms with E-state index < -0.39 is 6.10 Å². The minimum absolute atomic E-state index is 0.194. The number of nitrogens with two attached hydrogens (primary N) is 1. The third kappa shape index (κ3) is 4.28. The van der Waals surface area contributed by atoms with Gasteiger partial charge in [-0.3, -0.25) is 9.69 Å². The second-order valence-electron chi connectivity index (χ2n) is 8.02. The average Bonchev–Trinajstić information content (AvgIpc) is 2.91. The number of ether oxygens (including phenoxy) is 1. The summed E-state index contributed by atoms with van der Waals surface area (Å²) in [7, 11) is 2.10. The lowest BCUT2D eigenvalue weighted by Gasteiger charge is -2.33. The SMILES string of the molecule is CN1CCN(C[C@H](O)CNC(=O)c2ccc(N)c3c2CC(C)(C)O3)CC1. The summed E-state index contributed by atoms with van der Waals surface area (Å²) in [4.78, 5) is 17.1. The van der Waals surface area contributed by atoms with Crippen molar-refractivity contribution >= 4 is 11.6 Å². The van der Waals surface area contributed by atoms with Crippen LogP contribution >= 0.6 is 0 Å². The number of carbonyl (C=O) groups excluding carboxylic acids is 1.